The number of hydrogen-bond donors (Lipinski definition) is 0. The Morgan fingerprint density at radius 2 is 1.95 bits per heavy atom. The number of rotatable bonds is 3. The molecule has 0 amide bonds. The molecule has 0 radical (unpaired) electrons. The van der Waals surface area contributed by atoms with Gasteiger partial charge < -0.3 is 4.74 Å². The first-order valence-electron chi connectivity index (χ1n) is 4.90. The minimum Gasteiger partial charge on any atom is -0.449 e. The molecule has 0 unspecified atom stereocenters. The van der Waals surface area contributed by atoms with Crippen molar-refractivity contribution in [1.29, 1.82) is 0 Å². The van der Waals surface area contributed by atoms with E-state index < -0.39 is 4.92 Å². The van der Waals surface area contributed by atoms with E-state index in [9.17, 15) is 10.1 Å². The van der Waals surface area contributed by atoms with E-state index in [-0.39, 0.29) is 21.5 Å². The minimum atomic E-state index is -0.591. The van der Waals surface area contributed by atoms with Gasteiger partial charge >= 0.3 is 5.69 Å². The van der Waals surface area contributed by atoms with Crippen LogP contribution in [0.2, 0.25) is 10.0 Å². The third-order valence-electron chi connectivity index (χ3n) is 2.15. The molecule has 8 heteroatoms. The lowest BCUT2D eigenvalue weighted by molar-refractivity contribution is -0.385. The molecule has 0 aliphatic heterocycles. The number of nitro benzene ring substituents is 1. The molecule has 2 rings (SSSR count). The maximum Gasteiger partial charge on any atom is 0.313 e. The van der Waals surface area contributed by atoms with Crippen molar-refractivity contribution in [1.82, 2.24) is 4.98 Å². The van der Waals surface area contributed by atoms with E-state index in [0.717, 1.165) is 6.07 Å². The molecule has 0 N–H and O–H groups in total. The Morgan fingerprint density at radius 1 is 1.26 bits per heavy atom. The van der Waals surface area contributed by atoms with E-state index in [2.05, 4.69) is 20.9 Å². The van der Waals surface area contributed by atoms with Gasteiger partial charge in [0.25, 0.3) is 0 Å². The van der Waals surface area contributed by atoms with Gasteiger partial charge in [-0.3, -0.25) is 15.1 Å². The Labute approximate surface area is 126 Å². The molecule has 98 valence electrons. The van der Waals surface area contributed by atoms with Gasteiger partial charge in [0, 0.05) is 30.6 Å². The van der Waals surface area contributed by atoms with Crippen LogP contribution in [-0.4, -0.2) is 9.91 Å². The Bertz CT molecular complexity index is 652. The lowest BCUT2D eigenvalue weighted by Gasteiger charge is -2.08. The summed E-state index contributed by atoms with van der Waals surface area (Å²) in [6.07, 6.45) is 3.02. The van der Waals surface area contributed by atoms with E-state index in [1.54, 1.807) is 6.07 Å². The maximum atomic E-state index is 11.0. The smallest absolute Gasteiger partial charge is 0.313 e. The average molecular weight is 364 g/mol. The molecule has 2 aromatic rings. The molecule has 0 atom stereocenters. The van der Waals surface area contributed by atoms with Crippen LogP contribution in [0.1, 0.15) is 0 Å². The summed E-state index contributed by atoms with van der Waals surface area (Å²) in [4.78, 5) is 14.2. The number of nitro groups is 1. The van der Waals surface area contributed by atoms with Gasteiger partial charge in [-0.2, -0.15) is 0 Å². The van der Waals surface area contributed by atoms with Crippen LogP contribution in [0.5, 0.6) is 11.5 Å². The number of aromatic nitrogens is 1. The van der Waals surface area contributed by atoms with Gasteiger partial charge in [0.1, 0.15) is 5.75 Å². The normalized spacial score (nSPS) is 10.3. The molecule has 0 saturated carbocycles. The Kier molecular flexibility index (Phi) is 4.24. The predicted molar refractivity (Wildman–Crippen MR) is 75.1 cm³/mol. The zero-order chi connectivity index (χ0) is 14.0. The SMILES string of the molecule is O=[N+]([O-])c1cc(Cl)c(Cl)cc1Oc1ccncc1Br. The monoisotopic (exact) mass is 362 g/mol. The van der Waals surface area contributed by atoms with Crippen LogP contribution in [0.3, 0.4) is 0 Å². The summed E-state index contributed by atoms with van der Waals surface area (Å²) in [7, 11) is 0. The van der Waals surface area contributed by atoms with Crippen molar-refractivity contribution in [2.75, 3.05) is 0 Å². The summed E-state index contributed by atoms with van der Waals surface area (Å²) in [6.45, 7) is 0. The highest BCUT2D eigenvalue weighted by molar-refractivity contribution is 9.10. The summed E-state index contributed by atoms with van der Waals surface area (Å²) in [5.74, 6) is 0.391. The molecule has 0 bridgehead atoms. The molecule has 0 fully saturated rings. The van der Waals surface area contributed by atoms with Crippen LogP contribution in [-0.2, 0) is 0 Å². The highest BCUT2D eigenvalue weighted by Gasteiger charge is 2.19. The summed E-state index contributed by atoms with van der Waals surface area (Å²) < 4.78 is 6.03. The van der Waals surface area contributed by atoms with Gasteiger partial charge in [-0.15, -0.1) is 0 Å². The van der Waals surface area contributed by atoms with Gasteiger partial charge in [0.05, 0.1) is 19.4 Å². The van der Waals surface area contributed by atoms with Gasteiger partial charge in [-0.05, 0) is 15.9 Å². The highest BCUT2D eigenvalue weighted by Crippen LogP contribution is 2.39. The standard InChI is InChI=1S/C11H5BrCl2N2O3/c12-6-5-15-2-1-10(6)19-11-4-8(14)7(13)3-9(11)16(17)18/h1-5H. The fraction of sp³-hybridized carbons (Fsp3) is 0. The number of ether oxygens (including phenoxy) is 1. The van der Waals surface area contributed by atoms with E-state index in [1.165, 1.54) is 18.5 Å². The van der Waals surface area contributed by atoms with E-state index >= 15 is 0 Å². The predicted octanol–water partition coefficient (Wildman–Crippen LogP) is 4.85. The highest BCUT2D eigenvalue weighted by atomic mass is 79.9. The zero-order valence-electron chi connectivity index (χ0n) is 9.14. The first-order chi connectivity index (χ1) is 8.99. The fourth-order valence-electron chi connectivity index (χ4n) is 1.31. The second-order valence-corrected chi connectivity index (χ2v) is 5.07. The molecular weight excluding hydrogens is 359 g/mol. The van der Waals surface area contributed by atoms with Crippen LogP contribution in [0, 0.1) is 10.1 Å². The fourth-order valence-corrected chi connectivity index (χ4v) is 1.95. The van der Waals surface area contributed by atoms with E-state index in [0.29, 0.717) is 10.2 Å². The van der Waals surface area contributed by atoms with Gasteiger partial charge in [-0.1, -0.05) is 23.2 Å². The molecule has 0 spiro atoms. The quantitative estimate of drug-likeness (QED) is 0.577. The van der Waals surface area contributed by atoms with Crippen molar-refractivity contribution >= 4 is 44.8 Å². The molecule has 0 aliphatic rings. The third-order valence-corrected chi connectivity index (χ3v) is 3.47. The average Bonchev–Trinajstić information content (AvgIpc) is 2.36. The molecule has 1 heterocycles. The molecule has 19 heavy (non-hydrogen) atoms. The summed E-state index contributed by atoms with van der Waals surface area (Å²) >= 11 is 14.8. The van der Waals surface area contributed by atoms with Crippen LogP contribution in [0.4, 0.5) is 5.69 Å². The number of halogens is 3. The van der Waals surface area contributed by atoms with Crippen molar-refractivity contribution in [3.05, 3.63) is 55.2 Å². The Morgan fingerprint density at radius 3 is 2.58 bits per heavy atom. The van der Waals surface area contributed by atoms with Crippen molar-refractivity contribution in [2.24, 2.45) is 0 Å². The first-order valence-corrected chi connectivity index (χ1v) is 6.44. The van der Waals surface area contributed by atoms with E-state index in [1.807, 2.05) is 0 Å². The minimum absolute atomic E-state index is 0.00583. The molecule has 1 aromatic heterocycles. The van der Waals surface area contributed by atoms with Crippen LogP contribution < -0.4 is 4.74 Å². The second-order valence-electron chi connectivity index (χ2n) is 3.40. The van der Waals surface area contributed by atoms with Crippen LogP contribution >= 0.6 is 39.1 Å². The Hall–Kier alpha value is -1.37. The van der Waals surface area contributed by atoms with E-state index in [4.69, 9.17) is 27.9 Å². The first kappa shape index (κ1) is 14.0. The summed E-state index contributed by atoms with van der Waals surface area (Å²) in [5, 5.41) is 11.2. The van der Waals surface area contributed by atoms with Crippen molar-refractivity contribution in [3.63, 3.8) is 0 Å². The number of pyridine rings is 1. The topological polar surface area (TPSA) is 65.3 Å². The van der Waals surface area contributed by atoms with Crippen molar-refractivity contribution in [2.45, 2.75) is 0 Å². The third kappa shape index (κ3) is 3.15. The van der Waals surface area contributed by atoms with Gasteiger partial charge in [0.2, 0.25) is 5.75 Å². The van der Waals surface area contributed by atoms with Gasteiger partial charge in [0.15, 0.2) is 0 Å². The molecule has 0 saturated heterocycles. The number of hydrogen-bond acceptors (Lipinski definition) is 4. The van der Waals surface area contributed by atoms with Crippen LogP contribution in [0.15, 0.2) is 35.1 Å². The largest absolute Gasteiger partial charge is 0.449 e. The lowest BCUT2D eigenvalue weighted by Crippen LogP contribution is -1.94. The van der Waals surface area contributed by atoms with Crippen LogP contribution in [0.25, 0.3) is 0 Å². The lowest BCUT2D eigenvalue weighted by atomic mass is 10.3. The van der Waals surface area contributed by atoms with Crippen molar-refractivity contribution in [3.8, 4) is 11.5 Å². The summed E-state index contributed by atoms with van der Waals surface area (Å²) in [6, 6.07) is 4.01. The van der Waals surface area contributed by atoms with Gasteiger partial charge in [-0.25, -0.2) is 0 Å². The number of benzene rings is 1. The molecular formula is C11H5BrCl2N2O3. The number of nitrogens with zero attached hydrogens (tertiary/aromatic N) is 2. The zero-order valence-corrected chi connectivity index (χ0v) is 12.2. The molecule has 1 aromatic carbocycles. The Balaban J connectivity index is 2.48. The summed E-state index contributed by atoms with van der Waals surface area (Å²) in [5.41, 5.74) is -0.266. The second kappa shape index (κ2) is 5.73. The molecule has 5 nitrogen and oxygen atoms in total. The maximum absolute atomic E-state index is 11.0. The van der Waals surface area contributed by atoms with Crippen molar-refractivity contribution < 1.29 is 9.66 Å². The molecule has 0 aliphatic carbocycles.